The summed E-state index contributed by atoms with van der Waals surface area (Å²) < 4.78 is 24.4. The highest BCUT2D eigenvalue weighted by Crippen LogP contribution is 2.22. The fourth-order valence-electron chi connectivity index (χ4n) is 1.16. The van der Waals surface area contributed by atoms with Gasteiger partial charge in [-0.25, -0.2) is 13.4 Å². The number of nitrogens with zero attached hydrogens (tertiary/aromatic N) is 3. The molecule has 0 aliphatic heterocycles. The minimum Gasteiger partial charge on any atom is -0.374 e. The highest BCUT2D eigenvalue weighted by atomic mass is 79.9. The van der Waals surface area contributed by atoms with Crippen LogP contribution in [-0.2, 0) is 15.6 Å². The second-order valence-electron chi connectivity index (χ2n) is 3.15. The van der Waals surface area contributed by atoms with Crippen molar-refractivity contribution in [2.45, 2.75) is 10.1 Å². The molecule has 2 aromatic rings. The van der Waals surface area contributed by atoms with Crippen LogP contribution in [0.1, 0.15) is 5.56 Å². The molecule has 0 atom stereocenters. The van der Waals surface area contributed by atoms with Crippen molar-refractivity contribution in [3.63, 3.8) is 0 Å². The Hall–Kier alpha value is -1.06. The Morgan fingerprint density at radius 2 is 2.18 bits per heavy atom. The van der Waals surface area contributed by atoms with Gasteiger partial charge in [-0.2, -0.15) is 0 Å². The fourth-order valence-corrected chi connectivity index (χ4v) is 3.76. The molecule has 0 unspecified atom stereocenters. The maximum Gasteiger partial charge on any atom is 0.234 e. The van der Waals surface area contributed by atoms with Crippen LogP contribution in [0.3, 0.4) is 0 Å². The van der Waals surface area contributed by atoms with E-state index in [0.717, 1.165) is 11.3 Å². The number of sulfone groups is 1. The van der Waals surface area contributed by atoms with Gasteiger partial charge in [0.25, 0.3) is 0 Å². The van der Waals surface area contributed by atoms with Gasteiger partial charge in [0.2, 0.25) is 19.3 Å². The molecule has 6 nitrogen and oxygen atoms in total. The largest absolute Gasteiger partial charge is 0.374 e. The summed E-state index contributed by atoms with van der Waals surface area (Å²) in [6.07, 6.45) is 1.53. The molecular formula is C8H7BrN4O2S2. The van der Waals surface area contributed by atoms with Gasteiger partial charge in [0.15, 0.2) is 0 Å². The summed E-state index contributed by atoms with van der Waals surface area (Å²) in [6.45, 7) is 0. The van der Waals surface area contributed by atoms with Crippen LogP contribution in [0.5, 0.6) is 0 Å². The molecule has 0 saturated carbocycles. The molecule has 2 N–H and O–H groups in total. The van der Waals surface area contributed by atoms with E-state index in [2.05, 4.69) is 31.1 Å². The summed E-state index contributed by atoms with van der Waals surface area (Å²) in [4.78, 5) is 3.92. The minimum atomic E-state index is -3.49. The molecule has 0 spiro atoms. The van der Waals surface area contributed by atoms with Crippen LogP contribution >= 0.6 is 27.3 Å². The van der Waals surface area contributed by atoms with Crippen molar-refractivity contribution < 1.29 is 8.42 Å². The first-order valence-corrected chi connectivity index (χ1v) is 7.66. The summed E-state index contributed by atoms with van der Waals surface area (Å²) >= 11 is 4.04. The predicted molar refractivity (Wildman–Crippen MR) is 67.1 cm³/mol. The Morgan fingerprint density at radius 3 is 2.76 bits per heavy atom. The summed E-state index contributed by atoms with van der Waals surface area (Å²) in [7, 11) is -3.49. The normalized spacial score (nSPS) is 11.6. The van der Waals surface area contributed by atoms with E-state index in [9.17, 15) is 8.42 Å². The van der Waals surface area contributed by atoms with Gasteiger partial charge in [-0.3, -0.25) is 0 Å². The Bertz CT molecular complexity index is 640. The van der Waals surface area contributed by atoms with E-state index in [1.54, 1.807) is 12.1 Å². The van der Waals surface area contributed by atoms with E-state index in [1.807, 2.05) is 0 Å². The zero-order chi connectivity index (χ0) is 12.5. The van der Waals surface area contributed by atoms with Crippen molar-refractivity contribution in [3.05, 3.63) is 28.5 Å². The second-order valence-corrected chi connectivity index (χ2v) is 7.14. The van der Waals surface area contributed by atoms with E-state index < -0.39 is 9.84 Å². The van der Waals surface area contributed by atoms with Gasteiger partial charge in [0.05, 0.1) is 5.75 Å². The molecule has 17 heavy (non-hydrogen) atoms. The van der Waals surface area contributed by atoms with Crippen LogP contribution in [-0.4, -0.2) is 23.6 Å². The molecule has 0 radical (unpaired) electrons. The lowest BCUT2D eigenvalue weighted by molar-refractivity contribution is 0.593. The van der Waals surface area contributed by atoms with Crippen LogP contribution in [0.15, 0.2) is 27.3 Å². The number of hydrogen-bond donors (Lipinski definition) is 1. The molecule has 9 heteroatoms. The number of rotatable bonds is 3. The molecule has 2 rings (SSSR count). The molecule has 0 fully saturated rings. The van der Waals surface area contributed by atoms with E-state index in [4.69, 9.17) is 5.73 Å². The lowest BCUT2D eigenvalue weighted by atomic mass is 10.3. The number of anilines is 1. The average molecular weight is 335 g/mol. The van der Waals surface area contributed by atoms with Crippen molar-refractivity contribution in [1.82, 2.24) is 15.2 Å². The van der Waals surface area contributed by atoms with Crippen molar-refractivity contribution in [2.75, 3.05) is 5.73 Å². The molecule has 0 amide bonds. The molecule has 0 saturated heterocycles. The third-order valence-corrected chi connectivity index (χ3v) is 5.16. The number of aromatic nitrogens is 3. The maximum atomic E-state index is 11.9. The first kappa shape index (κ1) is 12.4. The fraction of sp³-hybridized carbons (Fsp3) is 0.125. The highest BCUT2D eigenvalue weighted by molar-refractivity contribution is 9.10. The number of halogens is 1. The van der Waals surface area contributed by atoms with Gasteiger partial charge in [-0.15, -0.1) is 10.2 Å². The van der Waals surface area contributed by atoms with Crippen LogP contribution < -0.4 is 5.73 Å². The van der Waals surface area contributed by atoms with Crippen LogP contribution in [0.25, 0.3) is 0 Å². The maximum absolute atomic E-state index is 11.9. The molecule has 2 heterocycles. The van der Waals surface area contributed by atoms with Gasteiger partial charge in [0, 0.05) is 6.20 Å². The number of nitrogen functional groups attached to an aromatic ring is 1. The highest BCUT2D eigenvalue weighted by Gasteiger charge is 2.20. The second kappa shape index (κ2) is 4.67. The quantitative estimate of drug-likeness (QED) is 0.848. The van der Waals surface area contributed by atoms with Gasteiger partial charge in [-0.1, -0.05) is 11.3 Å². The van der Waals surface area contributed by atoms with Crippen LogP contribution in [0.2, 0.25) is 0 Å². The van der Waals surface area contributed by atoms with E-state index in [0.29, 0.717) is 10.2 Å². The first-order valence-electron chi connectivity index (χ1n) is 4.39. The van der Waals surface area contributed by atoms with Crippen molar-refractivity contribution >= 4 is 42.2 Å². The molecule has 0 aliphatic carbocycles. The molecular weight excluding hydrogens is 328 g/mol. The third kappa shape index (κ3) is 2.99. The lowest BCUT2D eigenvalue weighted by Crippen LogP contribution is -2.04. The van der Waals surface area contributed by atoms with Gasteiger partial charge in [-0.05, 0) is 33.6 Å². The summed E-state index contributed by atoms with van der Waals surface area (Å²) in [5.74, 6) is -0.150. The third-order valence-electron chi connectivity index (χ3n) is 1.84. The Kier molecular flexibility index (Phi) is 3.40. The number of nitrogens with two attached hydrogens (primary N) is 1. The Balaban J connectivity index is 2.29. The molecule has 0 bridgehead atoms. The molecule has 2 aromatic heterocycles. The van der Waals surface area contributed by atoms with E-state index >= 15 is 0 Å². The van der Waals surface area contributed by atoms with Gasteiger partial charge >= 0.3 is 0 Å². The zero-order valence-electron chi connectivity index (χ0n) is 8.37. The van der Waals surface area contributed by atoms with Crippen molar-refractivity contribution in [1.29, 1.82) is 0 Å². The molecule has 0 aliphatic rings. The number of pyridine rings is 1. The monoisotopic (exact) mass is 334 g/mol. The van der Waals surface area contributed by atoms with Crippen molar-refractivity contribution in [2.24, 2.45) is 0 Å². The van der Waals surface area contributed by atoms with Crippen molar-refractivity contribution in [3.8, 4) is 0 Å². The smallest absolute Gasteiger partial charge is 0.234 e. The van der Waals surface area contributed by atoms with E-state index in [-0.39, 0.29) is 15.2 Å². The predicted octanol–water partition coefficient (Wildman–Crippen LogP) is 1.25. The van der Waals surface area contributed by atoms with Gasteiger partial charge < -0.3 is 5.73 Å². The Labute approximate surface area is 110 Å². The summed E-state index contributed by atoms with van der Waals surface area (Å²) in [6, 6.07) is 3.27. The lowest BCUT2D eigenvalue weighted by Gasteiger charge is -2.00. The summed E-state index contributed by atoms with van der Waals surface area (Å²) in [5, 5.41) is 7.16. The van der Waals surface area contributed by atoms with Crippen LogP contribution in [0.4, 0.5) is 5.13 Å². The zero-order valence-corrected chi connectivity index (χ0v) is 11.6. The Morgan fingerprint density at radius 1 is 1.41 bits per heavy atom. The van der Waals surface area contributed by atoms with Crippen LogP contribution in [0, 0.1) is 0 Å². The minimum absolute atomic E-state index is 0.0667. The standard InChI is InChI=1S/C8H7BrN4O2S2/c9-6-3-5(1-2-11-6)4-17(14,15)8-13-12-7(10)16-8/h1-3H,4H2,(H2,10,12). The SMILES string of the molecule is Nc1nnc(S(=O)(=O)Cc2ccnc(Br)c2)s1. The first-order chi connectivity index (χ1) is 7.97. The summed E-state index contributed by atoms with van der Waals surface area (Å²) in [5.41, 5.74) is 5.98. The average Bonchev–Trinajstić information content (AvgIpc) is 2.65. The van der Waals surface area contributed by atoms with Gasteiger partial charge in [0.1, 0.15) is 4.60 Å². The molecule has 0 aromatic carbocycles. The number of hydrogen-bond acceptors (Lipinski definition) is 7. The van der Waals surface area contributed by atoms with E-state index in [1.165, 1.54) is 6.20 Å². The topological polar surface area (TPSA) is 98.8 Å². The molecule has 90 valence electrons.